The zero-order valence-corrected chi connectivity index (χ0v) is 11.1. The van der Waals surface area contributed by atoms with Gasteiger partial charge in [0.2, 0.25) is 0 Å². The second kappa shape index (κ2) is 5.12. The Bertz CT molecular complexity index is 589. The van der Waals surface area contributed by atoms with Crippen LogP contribution in [0.1, 0.15) is 22.8 Å². The Labute approximate surface area is 111 Å². The predicted molar refractivity (Wildman–Crippen MR) is 67.1 cm³/mol. The Hall–Kier alpha value is -1.33. The number of benzene rings is 1. The minimum atomic E-state index is -1.05. The molecule has 1 N–H and O–H groups in total. The first-order valence-corrected chi connectivity index (χ1v) is 6.03. The fourth-order valence-electron chi connectivity index (χ4n) is 1.68. The van der Waals surface area contributed by atoms with Crippen molar-refractivity contribution in [1.82, 2.24) is 4.98 Å². The molecule has 2 aromatic rings. The SMILES string of the molecule is Cc1ccncc1C(O)c1ccc(F)c(F)c1Br. The van der Waals surface area contributed by atoms with Gasteiger partial charge in [0.1, 0.15) is 6.10 Å². The first-order valence-electron chi connectivity index (χ1n) is 5.24. The predicted octanol–water partition coefficient (Wildman–Crippen LogP) is 3.51. The summed E-state index contributed by atoms with van der Waals surface area (Å²) in [6, 6.07) is 4.08. The number of pyridine rings is 1. The normalized spacial score (nSPS) is 12.5. The number of aliphatic hydroxyl groups excluding tert-OH is 1. The van der Waals surface area contributed by atoms with Crippen LogP contribution in [0.2, 0.25) is 0 Å². The van der Waals surface area contributed by atoms with Gasteiger partial charge in [-0.25, -0.2) is 8.78 Å². The van der Waals surface area contributed by atoms with Gasteiger partial charge in [0.25, 0.3) is 0 Å². The quantitative estimate of drug-likeness (QED) is 0.861. The van der Waals surface area contributed by atoms with Crippen LogP contribution in [0.3, 0.4) is 0 Å². The Morgan fingerprint density at radius 3 is 2.61 bits per heavy atom. The zero-order valence-electron chi connectivity index (χ0n) is 9.49. The highest BCUT2D eigenvalue weighted by molar-refractivity contribution is 9.10. The van der Waals surface area contributed by atoms with Gasteiger partial charge in [-0.1, -0.05) is 6.07 Å². The van der Waals surface area contributed by atoms with Crippen molar-refractivity contribution in [3.8, 4) is 0 Å². The molecule has 0 saturated heterocycles. The molecule has 0 saturated carbocycles. The molecule has 94 valence electrons. The molecule has 5 heteroatoms. The van der Waals surface area contributed by atoms with E-state index < -0.39 is 17.7 Å². The molecule has 18 heavy (non-hydrogen) atoms. The van der Waals surface area contributed by atoms with Gasteiger partial charge >= 0.3 is 0 Å². The van der Waals surface area contributed by atoms with Crippen molar-refractivity contribution in [2.75, 3.05) is 0 Å². The monoisotopic (exact) mass is 313 g/mol. The van der Waals surface area contributed by atoms with E-state index >= 15 is 0 Å². The summed E-state index contributed by atoms with van der Waals surface area (Å²) in [4.78, 5) is 3.92. The van der Waals surface area contributed by atoms with Gasteiger partial charge in [-0.15, -0.1) is 0 Å². The lowest BCUT2D eigenvalue weighted by molar-refractivity contribution is 0.217. The Kier molecular flexibility index (Phi) is 3.73. The van der Waals surface area contributed by atoms with Crippen molar-refractivity contribution in [1.29, 1.82) is 0 Å². The van der Waals surface area contributed by atoms with Crippen LogP contribution in [0.25, 0.3) is 0 Å². The van der Waals surface area contributed by atoms with Gasteiger partial charge in [-0.05, 0) is 40.5 Å². The van der Waals surface area contributed by atoms with Gasteiger partial charge in [0, 0.05) is 23.5 Å². The van der Waals surface area contributed by atoms with Crippen LogP contribution in [0.4, 0.5) is 8.78 Å². The highest BCUT2D eigenvalue weighted by Gasteiger charge is 2.19. The number of rotatable bonds is 2. The van der Waals surface area contributed by atoms with E-state index in [4.69, 9.17) is 0 Å². The third-order valence-corrected chi connectivity index (χ3v) is 3.54. The lowest BCUT2D eigenvalue weighted by atomic mass is 9.99. The third-order valence-electron chi connectivity index (χ3n) is 2.73. The number of nitrogens with zero attached hydrogens (tertiary/aromatic N) is 1. The molecule has 0 bridgehead atoms. The third kappa shape index (κ3) is 2.28. The van der Waals surface area contributed by atoms with Crippen molar-refractivity contribution >= 4 is 15.9 Å². The van der Waals surface area contributed by atoms with Crippen LogP contribution in [0, 0.1) is 18.6 Å². The number of halogens is 3. The zero-order chi connectivity index (χ0) is 13.3. The molecular formula is C13H10BrF2NO. The second-order valence-electron chi connectivity index (χ2n) is 3.90. The molecule has 1 aromatic heterocycles. The van der Waals surface area contributed by atoms with Crippen molar-refractivity contribution in [3.63, 3.8) is 0 Å². The van der Waals surface area contributed by atoms with Crippen LogP contribution in [0.5, 0.6) is 0 Å². The lowest BCUT2D eigenvalue weighted by Gasteiger charge is -2.15. The average Bonchev–Trinajstić information content (AvgIpc) is 2.36. The summed E-state index contributed by atoms with van der Waals surface area (Å²) in [6.07, 6.45) is 2.06. The minimum Gasteiger partial charge on any atom is -0.384 e. The van der Waals surface area contributed by atoms with Gasteiger partial charge in [-0.2, -0.15) is 0 Å². The number of aryl methyl sites for hydroxylation is 1. The molecule has 1 aromatic carbocycles. The van der Waals surface area contributed by atoms with Gasteiger partial charge in [0.05, 0.1) is 4.47 Å². The molecule has 0 fully saturated rings. The summed E-state index contributed by atoms with van der Waals surface area (Å²) in [5.41, 5.74) is 1.66. The molecule has 0 aliphatic rings. The Balaban J connectivity index is 2.50. The van der Waals surface area contributed by atoms with E-state index in [0.717, 1.165) is 11.6 Å². The van der Waals surface area contributed by atoms with E-state index in [1.165, 1.54) is 12.3 Å². The van der Waals surface area contributed by atoms with E-state index in [1.807, 2.05) is 6.92 Å². The highest BCUT2D eigenvalue weighted by atomic mass is 79.9. The molecule has 0 aliphatic carbocycles. The molecule has 0 amide bonds. The van der Waals surface area contributed by atoms with E-state index in [9.17, 15) is 13.9 Å². The van der Waals surface area contributed by atoms with Crippen molar-refractivity contribution < 1.29 is 13.9 Å². The smallest absolute Gasteiger partial charge is 0.173 e. The molecule has 2 rings (SSSR count). The van der Waals surface area contributed by atoms with Crippen LogP contribution < -0.4 is 0 Å². The van der Waals surface area contributed by atoms with Gasteiger partial charge < -0.3 is 5.11 Å². The molecule has 0 radical (unpaired) electrons. The largest absolute Gasteiger partial charge is 0.384 e. The van der Waals surface area contributed by atoms with Crippen LogP contribution >= 0.6 is 15.9 Å². The Morgan fingerprint density at radius 1 is 1.22 bits per heavy atom. The van der Waals surface area contributed by atoms with Gasteiger partial charge in [-0.3, -0.25) is 4.98 Å². The first kappa shape index (κ1) is 13.1. The average molecular weight is 314 g/mol. The van der Waals surface area contributed by atoms with E-state index in [0.29, 0.717) is 5.56 Å². The summed E-state index contributed by atoms with van der Waals surface area (Å²) >= 11 is 2.96. The minimum absolute atomic E-state index is 0.0711. The molecule has 1 unspecified atom stereocenters. The molecule has 0 aliphatic heterocycles. The fourth-order valence-corrected chi connectivity index (χ4v) is 2.22. The summed E-state index contributed by atoms with van der Waals surface area (Å²) in [7, 11) is 0. The lowest BCUT2D eigenvalue weighted by Crippen LogP contribution is -2.05. The molecule has 0 spiro atoms. The summed E-state index contributed by atoms with van der Waals surface area (Å²) in [5.74, 6) is -1.96. The summed E-state index contributed by atoms with van der Waals surface area (Å²) in [6.45, 7) is 1.81. The van der Waals surface area contributed by atoms with Crippen molar-refractivity contribution in [2.45, 2.75) is 13.0 Å². The summed E-state index contributed by atoms with van der Waals surface area (Å²) in [5, 5.41) is 10.2. The second-order valence-corrected chi connectivity index (χ2v) is 4.69. The fraction of sp³-hybridized carbons (Fsp3) is 0.154. The molecule has 1 heterocycles. The standard InChI is InChI=1S/C13H10BrF2NO/c1-7-4-5-17-6-9(7)13(18)8-2-3-10(15)12(16)11(8)14/h2-6,13,18H,1H3. The van der Waals surface area contributed by atoms with Crippen molar-refractivity contribution in [2.24, 2.45) is 0 Å². The molecule has 2 nitrogen and oxygen atoms in total. The number of aromatic nitrogens is 1. The Morgan fingerprint density at radius 2 is 1.94 bits per heavy atom. The number of hydrogen-bond acceptors (Lipinski definition) is 2. The molecule has 1 atom stereocenters. The number of hydrogen-bond donors (Lipinski definition) is 1. The van der Waals surface area contributed by atoms with Gasteiger partial charge in [0.15, 0.2) is 11.6 Å². The maximum absolute atomic E-state index is 13.4. The van der Waals surface area contributed by atoms with E-state index in [2.05, 4.69) is 20.9 Å². The van der Waals surface area contributed by atoms with Crippen LogP contribution in [-0.4, -0.2) is 10.1 Å². The van der Waals surface area contributed by atoms with Crippen LogP contribution in [-0.2, 0) is 0 Å². The highest BCUT2D eigenvalue weighted by Crippen LogP contribution is 2.32. The first-order chi connectivity index (χ1) is 8.52. The summed E-state index contributed by atoms with van der Waals surface area (Å²) < 4.78 is 26.4. The van der Waals surface area contributed by atoms with E-state index in [-0.39, 0.29) is 10.0 Å². The van der Waals surface area contributed by atoms with E-state index in [1.54, 1.807) is 12.3 Å². The maximum Gasteiger partial charge on any atom is 0.173 e. The topological polar surface area (TPSA) is 33.1 Å². The molecular weight excluding hydrogens is 304 g/mol. The van der Waals surface area contributed by atoms with Crippen molar-refractivity contribution in [3.05, 3.63) is 63.4 Å². The maximum atomic E-state index is 13.4. The van der Waals surface area contributed by atoms with Crippen LogP contribution in [0.15, 0.2) is 35.1 Å². The number of aliphatic hydroxyl groups is 1.